The van der Waals surface area contributed by atoms with E-state index in [4.69, 9.17) is 14.2 Å². The van der Waals surface area contributed by atoms with E-state index < -0.39 is 53.1 Å². The summed E-state index contributed by atoms with van der Waals surface area (Å²) in [6.45, 7) is 4.67. The highest BCUT2D eigenvalue weighted by Crippen LogP contribution is 2.50. The summed E-state index contributed by atoms with van der Waals surface area (Å²) < 4.78 is 58.5. The predicted octanol–water partition coefficient (Wildman–Crippen LogP) is 5.64. The average Bonchev–Trinajstić information content (AvgIpc) is 2.91. The molecule has 0 N–H and O–H groups in total. The maximum absolute atomic E-state index is 14.3. The normalized spacial score (nSPS) is 22.8. The lowest BCUT2D eigenvalue weighted by Gasteiger charge is -2.41. The van der Waals surface area contributed by atoms with E-state index in [0.717, 1.165) is 6.07 Å². The number of nitrogens with zero attached hydrogens (tertiary/aromatic N) is 1. The number of esters is 2. The van der Waals surface area contributed by atoms with Crippen LogP contribution in [0.3, 0.4) is 0 Å². The fraction of sp³-hybridized carbons (Fsp3) is 0.400. The summed E-state index contributed by atoms with van der Waals surface area (Å²) in [5.74, 6) is -6.50. The standard InChI is InChI=1S/C30H30F3NO6/c1-5-39-28(36)23-16(3)34-22-15-20(17-10-9-11-18(14-17)38-4)25(29(37)40-6-2)27(35)26(22)24(23)19-12-7-8-13-21(19)30(31,32)33/h7-14,20,24-26H,5-6,15H2,1-4H3/t20-,24-,25-,26?/m1/s1. The second-order valence-electron chi connectivity index (χ2n) is 9.58. The number of hydrogen-bond acceptors (Lipinski definition) is 7. The Bertz CT molecular complexity index is 1380. The summed E-state index contributed by atoms with van der Waals surface area (Å²) >= 11 is 0. The molecule has 2 aromatic carbocycles. The molecule has 1 aliphatic carbocycles. The first-order chi connectivity index (χ1) is 19.0. The number of rotatable bonds is 7. The molecule has 1 heterocycles. The van der Waals surface area contributed by atoms with Crippen molar-refractivity contribution in [2.24, 2.45) is 16.8 Å². The smallest absolute Gasteiger partial charge is 0.416 e. The lowest BCUT2D eigenvalue weighted by Crippen LogP contribution is -2.49. The molecule has 0 radical (unpaired) electrons. The highest BCUT2D eigenvalue weighted by molar-refractivity contribution is 6.18. The van der Waals surface area contributed by atoms with Crippen LogP contribution in [0.1, 0.15) is 55.7 Å². The van der Waals surface area contributed by atoms with E-state index in [1.165, 1.54) is 32.2 Å². The zero-order chi connectivity index (χ0) is 29.2. The number of allylic oxidation sites excluding steroid dienone is 1. The second kappa shape index (κ2) is 11.7. The molecule has 212 valence electrons. The molecule has 1 unspecified atom stereocenters. The van der Waals surface area contributed by atoms with Gasteiger partial charge in [0, 0.05) is 23.2 Å². The molecule has 1 aliphatic heterocycles. The Kier molecular flexibility index (Phi) is 8.46. The Hall–Kier alpha value is -3.95. The van der Waals surface area contributed by atoms with Gasteiger partial charge in [0.1, 0.15) is 11.7 Å². The summed E-state index contributed by atoms with van der Waals surface area (Å²) in [7, 11) is 1.49. The quantitative estimate of drug-likeness (QED) is 0.323. The third-order valence-corrected chi connectivity index (χ3v) is 7.31. The molecule has 2 aliphatic rings. The van der Waals surface area contributed by atoms with Gasteiger partial charge in [-0.3, -0.25) is 14.6 Å². The molecule has 10 heteroatoms. The summed E-state index contributed by atoms with van der Waals surface area (Å²) in [6.07, 6.45) is -4.68. The van der Waals surface area contributed by atoms with E-state index in [9.17, 15) is 27.6 Å². The molecule has 2 aromatic rings. The molecule has 1 fully saturated rings. The molecular formula is C30H30F3NO6. The Morgan fingerprint density at radius 2 is 1.70 bits per heavy atom. The monoisotopic (exact) mass is 557 g/mol. The molecule has 0 bridgehead atoms. The van der Waals surface area contributed by atoms with Crippen LogP contribution in [0.2, 0.25) is 0 Å². The van der Waals surface area contributed by atoms with Gasteiger partial charge in [0.2, 0.25) is 0 Å². The Morgan fingerprint density at radius 3 is 2.35 bits per heavy atom. The maximum Gasteiger partial charge on any atom is 0.416 e. The first-order valence-electron chi connectivity index (χ1n) is 13.0. The van der Waals surface area contributed by atoms with Crippen LogP contribution in [0.25, 0.3) is 0 Å². The molecule has 0 saturated heterocycles. The van der Waals surface area contributed by atoms with E-state index >= 15 is 0 Å². The minimum atomic E-state index is -4.76. The van der Waals surface area contributed by atoms with Crippen molar-refractivity contribution in [2.45, 2.75) is 45.2 Å². The third kappa shape index (κ3) is 5.39. The van der Waals surface area contributed by atoms with Crippen molar-refractivity contribution in [3.05, 3.63) is 76.5 Å². The zero-order valence-electron chi connectivity index (χ0n) is 22.6. The number of ether oxygens (including phenoxy) is 3. The molecule has 4 rings (SSSR count). The fourth-order valence-corrected chi connectivity index (χ4v) is 5.71. The van der Waals surface area contributed by atoms with E-state index in [2.05, 4.69) is 4.99 Å². The highest BCUT2D eigenvalue weighted by Gasteiger charge is 2.54. The molecule has 0 amide bonds. The van der Waals surface area contributed by atoms with Gasteiger partial charge in [-0.2, -0.15) is 13.2 Å². The number of aliphatic imine (C=N–C) groups is 1. The van der Waals surface area contributed by atoms with Crippen LogP contribution in [0, 0.1) is 11.8 Å². The van der Waals surface area contributed by atoms with Gasteiger partial charge >= 0.3 is 18.1 Å². The van der Waals surface area contributed by atoms with Gasteiger partial charge in [0.15, 0.2) is 5.78 Å². The zero-order valence-corrected chi connectivity index (χ0v) is 22.6. The predicted molar refractivity (Wildman–Crippen MR) is 140 cm³/mol. The van der Waals surface area contributed by atoms with Crippen molar-refractivity contribution >= 4 is 23.4 Å². The number of carbonyl (C=O) groups excluding carboxylic acids is 3. The molecular weight excluding hydrogens is 527 g/mol. The van der Waals surface area contributed by atoms with Gasteiger partial charge in [0.25, 0.3) is 0 Å². The SMILES string of the molecule is CCOC(=O)C1=C(C)N=C2C[C@H](c3cccc(OC)c3)[C@@H](C(=O)OCC)C(=O)C2[C@@H]1c1ccccc1C(F)(F)F. The van der Waals surface area contributed by atoms with Gasteiger partial charge in [0.05, 0.1) is 37.4 Å². The largest absolute Gasteiger partial charge is 0.497 e. The van der Waals surface area contributed by atoms with Crippen molar-refractivity contribution < 1.29 is 41.8 Å². The van der Waals surface area contributed by atoms with Crippen LogP contribution in [-0.4, -0.2) is 43.8 Å². The number of fused-ring (bicyclic) bond motifs is 1. The number of hydrogen-bond donors (Lipinski definition) is 0. The maximum atomic E-state index is 14.3. The number of methoxy groups -OCH3 is 1. The van der Waals surface area contributed by atoms with Crippen LogP contribution < -0.4 is 4.74 Å². The van der Waals surface area contributed by atoms with Crippen molar-refractivity contribution in [2.75, 3.05) is 20.3 Å². The van der Waals surface area contributed by atoms with Crippen molar-refractivity contribution in [3.8, 4) is 5.75 Å². The number of halogens is 3. The lowest BCUT2D eigenvalue weighted by atomic mass is 9.61. The van der Waals surface area contributed by atoms with Gasteiger partial charge < -0.3 is 14.2 Å². The summed E-state index contributed by atoms with van der Waals surface area (Å²) in [4.78, 5) is 45.3. The lowest BCUT2D eigenvalue weighted by molar-refractivity contribution is -0.154. The molecule has 0 spiro atoms. The van der Waals surface area contributed by atoms with Crippen LogP contribution in [0.5, 0.6) is 5.75 Å². The topological polar surface area (TPSA) is 91.3 Å². The summed E-state index contributed by atoms with van der Waals surface area (Å²) in [6, 6.07) is 11.7. The van der Waals surface area contributed by atoms with Crippen molar-refractivity contribution in [1.82, 2.24) is 0 Å². The van der Waals surface area contributed by atoms with Gasteiger partial charge in [-0.25, -0.2) is 4.79 Å². The van der Waals surface area contributed by atoms with Gasteiger partial charge in [-0.15, -0.1) is 0 Å². The molecule has 7 nitrogen and oxygen atoms in total. The number of benzene rings is 2. The van der Waals surface area contributed by atoms with Gasteiger partial charge in [-0.05, 0) is 56.5 Å². The van der Waals surface area contributed by atoms with Gasteiger partial charge in [-0.1, -0.05) is 30.3 Å². The Morgan fingerprint density at radius 1 is 1.00 bits per heavy atom. The molecule has 0 aromatic heterocycles. The van der Waals surface area contributed by atoms with E-state index in [1.807, 2.05) is 0 Å². The number of carbonyl (C=O) groups is 3. The van der Waals surface area contributed by atoms with Crippen molar-refractivity contribution in [1.29, 1.82) is 0 Å². The number of ketones is 1. The fourth-order valence-electron chi connectivity index (χ4n) is 5.71. The van der Waals surface area contributed by atoms with Crippen LogP contribution in [0.4, 0.5) is 13.2 Å². The van der Waals surface area contributed by atoms with E-state index in [-0.39, 0.29) is 36.5 Å². The first kappa shape index (κ1) is 29.0. The van der Waals surface area contributed by atoms with E-state index in [0.29, 0.717) is 17.0 Å². The van der Waals surface area contributed by atoms with E-state index in [1.54, 1.807) is 38.1 Å². The van der Waals surface area contributed by atoms with Crippen LogP contribution in [-0.2, 0) is 30.0 Å². The third-order valence-electron chi connectivity index (χ3n) is 7.31. The van der Waals surface area contributed by atoms with Crippen LogP contribution in [0.15, 0.2) is 64.8 Å². The second-order valence-corrected chi connectivity index (χ2v) is 9.58. The minimum Gasteiger partial charge on any atom is -0.497 e. The number of alkyl halides is 3. The van der Waals surface area contributed by atoms with Crippen LogP contribution >= 0.6 is 0 Å². The molecule has 4 atom stereocenters. The van der Waals surface area contributed by atoms with Crippen molar-refractivity contribution in [3.63, 3.8) is 0 Å². The average molecular weight is 558 g/mol. The minimum absolute atomic E-state index is 0.00643. The summed E-state index contributed by atoms with van der Waals surface area (Å²) in [5.41, 5.74) is -0.291. The Labute approximate surface area is 230 Å². The highest BCUT2D eigenvalue weighted by atomic mass is 19.4. The Balaban J connectivity index is 1.95. The summed E-state index contributed by atoms with van der Waals surface area (Å²) in [5, 5.41) is 0. The number of Topliss-reactive ketones (excluding diaryl/α,β-unsaturated/α-hetero) is 1. The molecule has 1 saturated carbocycles. The first-order valence-corrected chi connectivity index (χ1v) is 13.0. The molecule has 40 heavy (non-hydrogen) atoms.